The number of nitrogens with one attached hydrogen (secondary N) is 1. The lowest BCUT2D eigenvalue weighted by atomic mass is 10.0. The largest absolute Gasteiger partial charge is 0.361 e. The number of benzene rings is 1. The molecule has 0 unspecified atom stereocenters. The van der Waals surface area contributed by atoms with Crippen LogP contribution in [-0.2, 0) is 12.8 Å². The minimum atomic E-state index is -0.110. The first-order chi connectivity index (χ1) is 9.47. The molecular formula is C17H23FN2. The number of aromatic nitrogens is 1. The fraction of sp³-hybridized carbons (Fsp3) is 0.412. The van der Waals surface area contributed by atoms with Crippen molar-refractivity contribution < 1.29 is 4.39 Å². The minimum Gasteiger partial charge on any atom is -0.361 e. The van der Waals surface area contributed by atoms with Crippen molar-refractivity contribution in [3.8, 4) is 0 Å². The molecule has 0 bridgehead atoms. The maximum atomic E-state index is 14.2. The predicted octanol–water partition coefficient (Wildman–Crippen LogP) is 3.92. The molecule has 0 saturated carbocycles. The number of H-pyrrole nitrogens is 1. The van der Waals surface area contributed by atoms with Crippen molar-refractivity contribution in [2.24, 2.45) is 0 Å². The average Bonchev–Trinajstić information content (AvgIpc) is 2.75. The monoisotopic (exact) mass is 274 g/mol. The van der Waals surface area contributed by atoms with Gasteiger partial charge < -0.3 is 9.88 Å². The zero-order chi connectivity index (χ0) is 14.7. The highest BCUT2D eigenvalue weighted by atomic mass is 19.1. The van der Waals surface area contributed by atoms with Crippen LogP contribution in [0.5, 0.6) is 0 Å². The maximum Gasteiger partial charge on any atom is 0.127 e. The molecule has 0 aliphatic carbocycles. The number of rotatable bonds is 5. The van der Waals surface area contributed by atoms with E-state index in [4.69, 9.17) is 0 Å². The summed E-state index contributed by atoms with van der Waals surface area (Å²) in [5.74, 6) is -0.110. The maximum absolute atomic E-state index is 14.2. The summed E-state index contributed by atoms with van der Waals surface area (Å²) in [4.78, 5) is 5.40. The van der Waals surface area contributed by atoms with Gasteiger partial charge in [-0.2, -0.15) is 0 Å². The standard InChI is InChI=1S/C17H23FN2/c1-12(2)5-6-13-9-17-15(10-16(13)18)14(11-19-17)7-8-20(3)4/h5,9-11,19H,6-8H2,1-4H3. The molecule has 1 aromatic heterocycles. The summed E-state index contributed by atoms with van der Waals surface area (Å²) < 4.78 is 14.2. The van der Waals surface area contributed by atoms with Gasteiger partial charge in [-0.25, -0.2) is 4.39 Å². The summed E-state index contributed by atoms with van der Waals surface area (Å²) in [5, 5.41) is 1.00. The molecule has 0 spiro atoms. The number of likely N-dealkylation sites (N-methyl/N-ethyl adjacent to an activating group) is 1. The summed E-state index contributed by atoms with van der Waals surface area (Å²) in [6.07, 6.45) is 5.63. The van der Waals surface area contributed by atoms with E-state index in [-0.39, 0.29) is 5.82 Å². The molecule has 1 aromatic carbocycles. The second kappa shape index (κ2) is 6.23. The van der Waals surface area contributed by atoms with Gasteiger partial charge in [-0.05, 0) is 64.0 Å². The zero-order valence-corrected chi connectivity index (χ0v) is 12.8. The number of fused-ring (bicyclic) bond motifs is 1. The topological polar surface area (TPSA) is 19.0 Å². The van der Waals surface area contributed by atoms with Crippen molar-refractivity contribution in [1.29, 1.82) is 0 Å². The quantitative estimate of drug-likeness (QED) is 0.819. The van der Waals surface area contributed by atoms with Crippen LogP contribution in [0.4, 0.5) is 4.39 Å². The molecule has 0 fully saturated rings. The number of hydrogen-bond acceptors (Lipinski definition) is 1. The van der Waals surface area contributed by atoms with Gasteiger partial charge in [-0.15, -0.1) is 0 Å². The van der Waals surface area contributed by atoms with E-state index in [9.17, 15) is 4.39 Å². The normalized spacial score (nSPS) is 11.3. The van der Waals surface area contributed by atoms with E-state index in [1.165, 1.54) is 11.1 Å². The van der Waals surface area contributed by atoms with E-state index in [0.29, 0.717) is 6.42 Å². The summed E-state index contributed by atoms with van der Waals surface area (Å²) in [7, 11) is 4.10. The van der Waals surface area contributed by atoms with E-state index < -0.39 is 0 Å². The zero-order valence-electron chi connectivity index (χ0n) is 12.8. The van der Waals surface area contributed by atoms with Gasteiger partial charge in [0.15, 0.2) is 0 Å². The van der Waals surface area contributed by atoms with Gasteiger partial charge in [0.05, 0.1) is 0 Å². The van der Waals surface area contributed by atoms with Gasteiger partial charge in [0.1, 0.15) is 5.82 Å². The molecule has 1 heterocycles. The van der Waals surface area contributed by atoms with Gasteiger partial charge in [0.2, 0.25) is 0 Å². The Morgan fingerprint density at radius 1 is 1.25 bits per heavy atom. The molecule has 0 aliphatic heterocycles. The average molecular weight is 274 g/mol. The van der Waals surface area contributed by atoms with Gasteiger partial charge in [0, 0.05) is 23.6 Å². The third kappa shape index (κ3) is 3.48. The van der Waals surface area contributed by atoms with E-state index in [1.54, 1.807) is 6.07 Å². The number of hydrogen-bond donors (Lipinski definition) is 1. The molecule has 1 N–H and O–H groups in total. The van der Waals surface area contributed by atoms with Crippen molar-refractivity contribution in [2.75, 3.05) is 20.6 Å². The first-order valence-electron chi connectivity index (χ1n) is 7.04. The number of nitrogens with zero attached hydrogens (tertiary/aromatic N) is 1. The van der Waals surface area contributed by atoms with E-state index >= 15 is 0 Å². The SMILES string of the molecule is CC(C)=CCc1cc2[nH]cc(CCN(C)C)c2cc1F. The lowest BCUT2D eigenvalue weighted by molar-refractivity contribution is 0.414. The Kier molecular flexibility index (Phi) is 4.61. The van der Waals surface area contributed by atoms with Crippen LogP contribution >= 0.6 is 0 Å². The van der Waals surface area contributed by atoms with Crippen LogP contribution in [0.1, 0.15) is 25.0 Å². The number of aromatic amines is 1. The summed E-state index contributed by atoms with van der Waals surface area (Å²) >= 11 is 0. The Hall–Kier alpha value is -1.61. The Morgan fingerprint density at radius 2 is 2.00 bits per heavy atom. The number of allylic oxidation sites excluding steroid dienone is 2. The fourth-order valence-electron chi connectivity index (χ4n) is 2.27. The molecule has 2 rings (SSSR count). The van der Waals surface area contributed by atoms with Gasteiger partial charge in [-0.1, -0.05) is 11.6 Å². The van der Waals surface area contributed by atoms with Crippen molar-refractivity contribution in [3.05, 3.63) is 46.9 Å². The van der Waals surface area contributed by atoms with Crippen LogP contribution in [0.15, 0.2) is 30.0 Å². The first-order valence-corrected chi connectivity index (χ1v) is 7.04. The van der Waals surface area contributed by atoms with Crippen LogP contribution < -0.4 is 0 Å². The van der Waals surface area contributed by atoms with E-state index in [1.807, 2.05) is 40.2 Å². The predicted molar refractivity (Wildman–Crippen MR) is 83.6 cm³/mol. The molecule has 2 aromatic rings. The van der Waals surface area contributed by atoms with E-state index in [2.05, 4.69) is 16.0 Å². The Labute approximate surface area is 120 Å². The highest BCUT2D eigenvalue weighted by molar-refractivity contribution is 5.84. The Morgan fingerprint density at radius 3 is 2.65 bits per heavy atom. The van der Waals surface area contributed by atoms with Crippen molar-refractivity contribution in [1.82, 2.24) is 9.88 Å². The molecule has 0 atom stereocenters. The molecule has 0 radical (unpaired) electrons. The molecular weight excluding hydrogens is 251 g/mol. The molecule has 108 valence electrons. The van der Waals surface area contributed by atoms with Crippen molar-refractivity contribution >= 4 is 10.9 Å². The number of halogens is 1. The lowest BCUT2D eigenvalue weighted by Gasteiger charge is -2.08. The smallest absolute Gasteiger partial charge is 0.127 e. The van der Waals surface area contributed by atoms with E-state index in [0.717, 1.165) is 29.4 Å². The van der Waals surface area contributed by atoms with Crippen molar-refractivity contribution in [2.45, 2.75) is 26.7 Å². The van der Waals surface area contributed by atoms with Crippen molar-refractivity contribution in [3.63, 3.8) is 0 Å². The first kappa shape index (κ1) is 14.8. The highest BCUT2D eigenvalue weighted by Gasteiger charge is 2.09. The van der Waals surface area contributed by atoms with Crippen LogP contribution in [-0.4, -0.2) is 30.5 Å². The third-order valence-electron chi connectivity index (χ3n) is 3.49. The lowest BCUT2D eigenvalue weighted by Crippen LogP contribution is -2.14. The highest BCUT2D eigenvalue weighted by Crippen LogP contribution is 2.23. The Balaban J connectivity index is 2.30. The summed E-state index contributed by atoms with van der Waals surface area (Å²) in [5.41, 5.74) is 4.17. The second-order valence-corrected chi connectivity index (χ2v) is 5.84. The van der Waals surface area contributed by atoms with Crippen LogP contribution in [0.25, 0.3) is 10.9 Å². The molecule has 20 heavy (non-hydrogen) atoms. The Bertz CT molecular complexity index is 619. The van der Waals surface area contributed by atoms with Gasteiger partial charge in [-0.3, -0.25) is 0 Å². The third-order valence-corrected chi connectivity index (χ3v) is 3.49. The molecule has 2 nitrogen and oxygen atoms in total. The molecule has 0 amide bonds. The summed E-state index contributed by atoms with van der Waals surface area (Å²) in [6, 6.07) is 3.61. The minimum absolute atomic E-state index is 0.110. The van der Waals surface area contributed by atoms with Gasteiger partial charge in [0.25, 0.3) is 0 Å². The second-order valence-electron chi connectivity index (χ2n) is 5.84. The molecule has 3 heteroatoms. The van der Waals surface area contributed by atoms with Crippen LogP contribution in [0.3, 0.4) is 0 Å². The molecule has 0 aliphatic rings. The molecule has 0 saturated heterocycles. The summed E-state index contributed by atoms with van der Waals surface area (Å²) in [6.45, 7) is 5.03. The van der Waals surface area contributed by atoms with Gasteiger partial charge >= 0.3 is 0 Å². The fourth-order valence-corrected chi connectivity index (χ4v) is 2.27. The van der Waals surface area contributed by atoms with Crippen LogP contribution in [0.2, 0.25) is 0 Å². The van der Waals surface area contributed by atoms with Crippen LogP contribution in [0, 0.1) is 5.82 Å².